The van der Waals surface area contributed by atoms with Crippen LogP contribution in [0.3, 0.4) is 0 Å². The van der Waals surface area contributed by atoms with Gasteiger partial charge in [-0.2, -0.15) is 0 Å². The zero-order valence-electron chi connectivity index (χ0n) is 13.3. The Morgan fingerprint density at radius 2 is 2.20 bits per heavy atom. The summed E-state index contributed by atoms with van der Waals surface area (Å²) in [5.74, 6) is 0.385. The Morgan fingerprint density at radius 1 is 1.55 bits per heavy atom. The maximum atomic E-state index is 11.5. The maximum Gasteiger partial charge on any atom is 0.217 e. The summed E-state index contributed by atoms with van der Waals surface area (Å²) >= 11 is 0. The van der Waals surface area contributed by atoms with Crippen molar-refractivity contribution in [1.29, 1.82) is 0 Å². The number of ether oxygens (including phenoxy) is 1. The lowest BCUT2D eigenvalue weighted by molar-refractivity contribution is -0.122. The predicted molar refractivity (Wildman–Crippen MR) is 83.5 cm³/mol. The van der Waals surface area contributed by atoms with Crippen molar-refractivity contribution in [2.24, 2.45) is 5.92 Å². The third-order valence-electron chi connectivity index (χ3n) is 3.99. The minimum Gasteiger partial charge on any atom is -0.369 e. The number of carbonyl (C=O) groups is 1. The minimum atomic E-state index is -0.0255. The van der Waals surface area contributed by atoms with Crippen molar-refractivity contribution in [3.05, 3.63) is 24.3 Å². The summed E-state index contributed by atoms with van der Waals surface area (Å²) in [4.78, 5) is 11.5. The maximum absolute atomic E-state index is 11.5. The second kappa shape index (κ2) is 8.25. The van der Waals surface area contributed by atoms with Crippen molar-refractivity contribution in [3.63, 3.8) is 0 Å². The van der Waals surface area contributed by atoms with Crippen molar-refractivity contribution in [1.82, 2.24) is 5.32 Å². The van der Waals surface area contributed by atoms with Crippen molar-refractivity contribution in [2.75, 3.05) is 0 Å². The van der Waals surface area contributed by atoms with Gasteiger partial charge in [-0.25, -0.2) is 0 Å². The first-order valence-electron chi connectivity index (χ1n) is 7.72. The number of carbonyl (C=O) groups excluding carboxylic acids is 1. The van der Waals surface area contributed by atoms with E-state index in [0.717, 1.165) is 25.7 Å². The molecular formula is C17H29NO2. The van der Waals surface area contributed by atoms with Gasteiger partial charge in [-0.05, 0) is 38.5 Å². The standard InChI is InChI=1S/C17H29NO2/c1-6-9-14-10-12(4)11-16(17(14)18-13(5)19)20-15(7-2)8-3/h6,11,14-17H,1,7-10H2,2-5H3,(H,18,19)/t14-,16+,17+/m0/s1. The molecule has 1 N–H and O–H groups in total. The number of amides is 1. The van der Waals surface area contributed by atoms with Gasteiger partial charge >= 0.3 is 0 Å². The molecule has 20 heavy (non-hydrogen) atoms. The SMILES string of the molecule is C=CC[C@H]1CC(C)=C[C@@H](OC(CC)CC)[C@@H]1NC(C)=O. The molecule has 0 radical (unpaired) electrons. The number of hydrogen-bond donors (Lipinski definition) is 1. The van der Waals surface area contributed by atoms with Crippen molar-refractivity contribution in [2.45, 2.75) is 71.6 Å². The largest absolute Gasteiger partial charge is 0.369 e. The van der Waals surface area contributed by atoms with Gasteiger partial charge in [-0.1, -0.05) is 31.6 Å². The van der Waals surface area contributed by atoms with Gasteiger partial charge in [0.2, 0.25) is 5.91 Å². The van der Waals surface area contributed by atoms with Crippen LogP contribution in [0.1, 0.15) is 53.4 Å². The molecule has 1 rings (SSSR count). The van der Waals surface area contributed by atoms with Crippen LogP contribution >= 0.6 is 0 Å². The number of allylic oxidation sites excluding steroid dienone is 2. The van der Waals surface area contributed by atoms with Crippen molar-refractivity contribution in [3.8, 4) is 0 Å². The quantitative estimate of drug-likeness (QED) is 0.723. The highest BCUT2D eigenvalue weighted by molar-refractivity contribution is 5.73. The lowest BCUT2D eigenvalue weighted by Crippen LogP contribution is -2.50. The molecule has 0 aromatic carbocycles. The van der Waals surface area contributed by atoms with E-state index in [4.69, 9.17) is 4.74 Å². The van der Waals surface area contributed by atoms with E-state index in [1.165, 1.54) is 5.57 Å². The zero-order chi connectivity index (χ0) is 15.1. The molecule has 0 saturated heterocycles. The lowest BCUT2D eigenvalue weighted by Gasteiger charge is -2.38. The molecule has 0 spiro atoms. The van der Waals surface area contributed by atoms with Gasteiger partial charge in [-0.15, -0.1) is 6.58 Å². The summed E-state index contributed by atoms with van der Waals surface area (Å²) in [6.45, 7) is 11.8. The van der Waals surface area contributed by atoms with Gasteiger partial charge in [0, 0.05) is 6.92 Å². The molecule has 0 saturated carbocycles. The minimum absolute atomic E-state index is 0.00941. The third kappa shape index (κ3) is 4.78. The molecule has 0 aromatic rings. The fourth-order valence-electron chi connectivity index (χ4n) is 2.97. The molecule has 1 amide bonds. The van der Waals surface area contributed by atoms with Gasteiger partial charge in [-0.3, -0.25) is 4.79 Å². The van der Waals surface area contributed by atoms with Crippen molar-refractivity contribution >= 4 is 5.91 Å². The monoisotopic (exact) mass is 279 g/mol. The summed E-state index contributed by atoms with van der Waals surface area (Å²) in [6, 6.07) is 0.0507. The van der Waals surface area contributed by atoms with Crippen LogP contribution in [0.15, 0.2) is 24.3 Å². The average molecular weight is 279 g/mol. The van der Waals surface area contributed by atoms with E-state index in [-0.39, 0.29) is 24.2 Å². The third-order valence-corrected chi connectivity index (χ3v) is 3.99. The molecule has 3 atom stereocenters. The van der Waals surface area contributed by atoms with Crippen LogP contribution in [0.25, 0.3) is 0 Å². The van der Waals surface area contributed by atoms with Crippen LogP contribution in [0.2, 0.25) is 0 Å². The smallest absolute Gasteiger partial charge is 0.217 e. The normalized spacial score (nSPS) is 26.2. The van der Waals surface area contributed by atoms with E-state index >= 15 is 0 Å². The van der Waals surface area contributed by atoms with E-state index in [1.54, 1.807) is 6.92 Å². The first-order valence-corrected chi connectivity index (χ1v) is 7.72. The summed E-state index contributed by atoms with van der Waals surface area (Å²) in [5.41, 5.74) is 1.34. The first kappa shape index (κ1) is 17.0. The summed E-state index contributed by atoms with van der Waals surface area (Å²) in [6.07, 6.45) is 8.24. The molecule has 0 aliphatic heterocycles. The van der Waals surface area contributed by atoms with Crippen LogP contribution in [-0.2, 0) is 9.53 Å². The predicted octanol–water partition coefficient (Wildman–Crippen LogP) is 3.61. The van der Waals surface area contributed by atoms with Gasteiger partial charge < -0.3 is 10.1 Å². The van der Waals surface area contributed by atoms with E-state index < -0.39 is 0 Å². The molecule has 0 unspecified atom stereocenters. The van der Waals surface area contributed by atoms with E-state index in [9.17, 15) is 4.79 Å². The molecule has 3 heteroatoms. The number of hydrogen-bond acceptors (Lipinski definition) is 2. The van der Waals surface area contributed by atoms with Gasteiger partial charge in [0.15, 0.2) is 0 Å². The van der Waals surface area contributed by atoms with Crippen LogP contribution in [0.4, 0.5) is 0 Å². The second-order valence-electron chi connectivity index (χ2n) is 5.77. The molecule has 0 heterocycles. The van der Waals surface area contributed by atoms with Crippen LogP contribution in [0, 0.1) is 5.92 Å². The fraction of sp³-hybridized carbons (Fsp3) is 0.706. The Kier molecular flexibility index (Phi) is 7.00. The van der Waals surface area contributed by atoms with E-state index in [2.05, 4.69) is 38.7 Å². The van der Waals surface area contributed by atoms with E-state index in [1.807, 2.05) is 6.08 Å². The fourth-order valence-corrected chi connectivity index (χ4v) is 2.97. The lowest BCUT2D eigenvalue weighted by atomic mass is 9.81. The summed E-state index contributed by atoms with van der Waals surface area (Å²) in [5, 5.41) is 3.08. The van der Waals surface area contributed by atoms with Gasteiger partial charge in [0.1, 0.15) is 0 Å². The number of nitrogens with one attached hydrogen (secondary N) is 1. The van der Waals surface area contributed by atoms with Gasteiger partial charge in [0.05, 0.1) is 18.2 Å². The topological polar surface area (TPSA) is 38.3 Å². The first-order chi connectivity index (χ1) is 9.51. The Bertz CT molecular complexity index is 358. The Morgan fingerprint density at radius 3 is 2.70 bits per heavy atom. The molecule has 0 aromatic heterocycles. The molecule has 1 aliphatic rings. The van der Waals surface area contributed by atoms with E-state index in [0.29, 0.717) is 5.92 Å². The molecule has 3 nitrogen and oxygen atoms in total. The van der Waals surface area contributed by atoms with Crippen LogP contribution in [0.5, 0.6) is 0 Å². The highest BCUT2D eigenvalue weighted by atomic mass is 16.5. The highest BCUT2D eigenvalue weighted by Gasteiger charge is 2.33. The van der Waals surface area contributed by atoms with Crippen LogP contribution < -0.4 is 5.32 Å². The Hall–Kier alpha value is -1.09. The Labute approximate surface area is 123 Å². The number of rotatable bonds is 7. The second-order valence-corrected chi connectivity index (χ2v) is 5.77. The molecule has 0 bridgehead atoms. The summed E-state index contributed by atoms with van der Waals surface area (Å²) in [7, 11) is 0. The molecule has 114 valence electrons. The average Bonchev–Trinajstić information content (AvgIpc) is 2.39. The highest BCUT2D eigenvalue weighted by Crippen LogP contribution is 2.30. The van der Waals surface area contributed by atoms with Crippen LogP contribution in [-0.4, -0.2) is 24.2 Å². The zero-order valence-corrected chi connectivity index (χ0v) is 13.3. The van der Waals surface area contributed by atoms with Gasteiger partial charge in [0.25, 0.3) is 0 Å². The van der Waals surface area contributed by atoms with Crippen molar-refractivity contribution < 1.29 is 9.53 Å². The summed E-state index contributed by atoms with van der Waals surface area (Å²) < 4.78 is 6.22. The Balaban J connectivity index is 2.91. The molecule has 1 aliphatic carbocycles. The molecular weight excluding hydrogens is 250 g/mol. The molecule has 0 fully saturated rings.